The van der Waals surface area contributed by atoms with Crippen molar-refractivity contribution < 1.29 is 14.3 Å². The summed E-state index contributed by atoms with van der Waals surface area (Å²) < 4.78 is 12.3. The van der Waals surface area contributed by atoms with E-state index in [0.29, 0.717) is 24.9 Å². The van der Waals surface area contributed by atoms with Crippen LogP contribution in [0.1, 0.15) is 50.3 Å². The molecule has 1 saturated heterocycles. The first kappa shape index (κ1) is 30.5. The van der Waals surface area contributed by atoms with Crippen LogP contribution >= 0.6 is 0 Å². The summed E-state index contributed by atoms with van der Waals surface area (Å²) in [5.41, 5.74) is 9.31. The van der Waals surface area contributed by atoms with Crippen molar-refractivity contribution in [3.8, 4) is 0 Å². The van der Waals surface area contributed by atoms with E-state index in [-0.39, 0.29) is 17.6 Å². The number of aromatic amines is 1. The number of carbonyl (C=O) groups excluding carboxylic acids is 1. The van der Waals surface area contributed by atoms with Gasteiger partial charge in [-0.25, -0.2) is 14.8 Å². The quantitative estimate of drug-likeness (QED) is 0.244. The van der Waals surface area contributed by atoms with Crippen LogP contribution in [0.15, 0.2) is 94.1 Å². The van der Waals surface area contributed by atoms with Gasteiger partial charge in [-0.2, -0.15) is 0 Å². The minimum Gasteiger partial charge on any atom is -0.509 e. The number of fused-ring (bicyclic) bond motifs is 2. The second-order valence-electron chi connectivity index (χ2n) is 9.70. The van der Waals surface area contributed by atoms with Gasteiger partial charge in [0.1, 0.15) is 17.6 Å². The Labute approximate surface area is 236 Å². The van der Waals surface area contributed by atoms with Gasteiger partial charge in [0.25, 0.3) is 5.91 Å². The molecule has 3 aliphatic rings. The normalized spacial score (nSPS) is 20.9. The predicted molar refractivity (Wildman–Crippen MR) is 161 cm³/mol. The molecule has 0 saturated carbocycles. The Morgan fingerprint density at radius 2 is 2.12 bits per heavy atom. The molecule has 1 amide bonds. The number of allylic oxidation sites excluding steroid dienone is 8. The van der Waals surface area contributed by atoms with Crippen LogP contribution in [-0.2, 0) is 4.79 Å². The number of aliphatic hydroxyl groups is 1. The molecule has 8 heteroatoms. The molecule has 0 aromatic carbocycles. The van der Waals surface area contributed by atoms with Crippen LogP contribution in [0.4, 0.5) is 4.39 Å². The molecule has 0 spiro atoms. The summed E-state index contributed by atoms with van der Waals surface area (Å²) in [6, 6.07) is -0.467. The monoisotopic (exact) mass is 545 g/mol. The van der Waals surface area contributed by atoms with Crippen molar-refractivity contribution in [1.82, 2.24) is 20.4 Å². The average molecular weight is 546 g/mol. The van der Waals surface area contributed by atoms with E-state index in [9.17, 15) is 14.3 Å². The highest BCUT2D eigenvalue weighted by molar-refractivity contribution is 6.02. The Balaban J connectivity index is 0.000000285. The van der Waals surface area contributed by atoms with E-state index in [0.717, 1.165) is 52.3 Å². The fraction of sp³-hybridized carbons (Fsp3) is 0.344. The number of H-pyrrole nitrogens is 1. The van der Waals surface area contributed by atoms with Crippen LogP contribution in [0, 0.1) is 19.8 Å². The molecule has 1 aromatic heterocycles. The maximum absolute atomic E-state index is 12.6. The lowest BCUT2D eigenvalue weighted by Crippen LogP contribution is -2.36. The van der Waals surface area contributed by atoms with Gasteiger partial charge in [-0.15, -0.1) is 0 Å². The van der Waals surface area contributed by atoms with E-state index in [2.05, 4.69) is 58.2 Å². The van der Waals surface area contributed by atoms with Crippen LogP contribution < -0.4 is 5.43 Å². The molecule has 3 heterocycles. The second-order valence-corrected chi connectivity index (χ2v) is 9.70. The van der Waals surface area contributed by atoms with Crippen LogP contribution in [0.25, 0.3) is 6.08 Å². The van der Waals surface area contributed by atoms with Crippen molar-refractivity contribution in [2.45, 2.75) is 53.0 Å². The molecule has 4 rings (SSSR count). The number of carbonyl (C=O) groups is 1. The third-order valence-electron chi connectivity index (χ3n) is 7.07. The molecular formula is C32H40FN5O2. The van der Waals surface area contributed by atoms with E-state index in [4.69, 9.17) is 0 Å². The third kappa shape index (κ3) is 6.93. The van der Waals surface area contributed by atoms with E-state index in [1.54, 1.807) is 25.4 Å². The van der Waals surface area contributed by atoms with Crippen LogP contribution in [0.3, 0.4) is 0 Å². The summed E-state index contributed by atoms with van der Waals surface area (Å²) in [6.07, 6.45) is 19.7. The first-order valence-corrected chi connectivity index (χ1v) is 13.6. The Hall–Kier alpha value is -4.04. The number of aromatic nitrogens is 2. The number of rotatable bonds is 9. The first-order valence-electron chi connectivity index (χ1n) is 13.6. The SMILES string of the molecule is C/C=C\CC=Cc1nc(C)[nH]c1C.C=C/C(=C\C=C\F)CC1=CC2C(CC)=C3CN(NC)C(=O)C3=C(O)C2N=C1. The Morgan fingerprint density at radius 3 is 2.73 bits per heavy atom. The van der Waals surface area contributed by atoms with Gasteiger partial charge in [0.05, 0.1) is 24.1 Å². The molecule has 7 nitrogen and oxygen atoms in total. The highest BCUT2D eigenvalue weighted by atomic mass is 19.1. The van der Waals surface area contributed by atoms with Gasteiger partial charge in [0.15, 0.2) is 0 Å². The largest absolute Gasteiger partial charge is 0.509 e. The zero-order valence-electron chi connectivity index (χ0n) is 24.0. The van der Waals surface area contributed by atoms with Crippen LogP contribution in [0.5, 0.6) is 0 Å². The summed E-state index contributed by atoms with van der Waals surface area (Å²) in [4.78, 5) is 24.6. The number of aliphatic hydroxyl groups excluding tert-OH is 1. The molecule has 3 N–H and O–H groups in total. The number of nitrogens with zero attached hydrogens (tertiary/aromatic N) is 3. The topological polar surface area (TPSA) is 93.6 Å². The smallest absolute Gasteiger partial charge is 0.272 e. The molecule has 40 heavy (non-hydrogen) atoms. The number of hydrogen-bond donors (Lipinski definition) is 3. The fourth-order valence-electron chi connectivity index (χ4n) is 5.13. The molecule has 2 aliphatic heterocycles. The lowest BCUT2D eigenvalue weighted by Gasteiger charge is -2.32. The number of aryl methyl sites for hydroxylation is 2. The van der Waals surface area contributed by atoms with Crippen molar-refractivity contribution in [2.24, 2.45) is 10.9 Å². The highest BCUT2D eigenvalue weighted by Crippen LogP contribution is 2.43. The minimum atomic E-state index is -0.467. The summed E-state index contributed by atoms with van der Waals surface area (Å²) in [5, 5.41) is 12.3. The number of halogens is 1. The van der Waals surface area contributed by atoms with E-state index < -0.39 is 6.04 Å². The summed E-state index contributed by atoms with van der Waals surface area (Å²) >= 11 is 0. The standard InChI is InChI=1S/C21H24FN3O2.C11H16N2/c1-4-13(7-6-8-22)9-14-10-16-15(5-2)17-12-25(23-3)21(27)18(17)20(26)19(16)24-11-14;1-4-5-6-7-8-11-9(2)12-10(3)13-11/h4,6-8,10-11,16,19,23,26H,1,5,9,12H2,2-3H3;4-5,7-8H,6H2,1-3H3,(H,12,13)/b8-6+,13-7+;5-4-,8-7?. The summed E-state index contributed by atoms with van der Waals surface area (Å²) in [5.74, 6) is 0.722. The van der Waals surface area contributed by atoms with E-state index in [1.165, 1.54) is 11.1 Å². The van der Waals surface area contributed by atoms with Crippen molar-refractivity contribution >= 4 is 18.2 Å². The number of amides is 1. The molecular weight excluding hydrogens is 505 g/mol. The molecule has 2 unspecified atom stereocenters. The van der Waals surface area contributed by atoms with Crippen molar-refractivity contribution in [2.75, 3.05) is 13.6 Å². The summed E-state index contributed by atoms with van der Waals surface area (Å²) in [6.45, 7) is 12.3. The van der Waals surface area contributed by atoms with Crippen LogP contribution in [-0.4, -0.2) is 51.8 Å². The second kappa shape index (κ2) is 14.4. The highest BCUT2D eigenvalue weighted by Gasteiger charge is 2.44. The first-order chi connectivity index (χ1) is 19.3. The molecule has 1 aliphatic carbocycles. The van der Waals surface area contributed by atoms with Crippen LogP contribution in [0.2, 0.25) is 0 Å². The predicted octanol–water partition coefficient (Wildman–Crippen LogP) is 6.48. The maximum Gasteiger partial charge on any atom is 0.272 e. The number of hydrazine groups is 1. The molecule has 0 bridgehead atoms. The number of aliphatic imine (C=N–C) groups is 1. The van der Waals surface area contributed by atoms with E-state index in [1.807, 2.05) is 26.8 Å². The minimum absolute atomic E-state index is 0.0429. The molecule has 1 fully saturated rings. The van der Waals surface area contributed by atoms with Crippen molar-refractivity contribution in [1.29, 1.82) is 0 Å². The van der Waals surface area contributed by atoms with Gasteiger partial charge in [-0.3, -0.25) is 14.8 Å². The lowest BCUT2D eigenvalue weighted by molar-refractivity contribution is -0.127. The molecule has 1 aromatic rings. The Bertz CT molecular complexity index is 1350. The fourth-order valence-corrected chi connectivity index (χ4v) is 5.13. The summed E-state index contributed by atoms with van der Waals surface area (Å²) in [7, 11) is 1.69. The number of imidazole rings is 1. The molecule has 212 valence electrons. The number of hydrogen-bond acceptors (Lipinski definition) is 5. The van der Waals surface area contributed by atoms with Gasteiger partial charge >= 0.3 is 0 Å². The van der Waals surface area contributed by atoms with Crippen molar-refractivity contribution in [3.63, 3.8) is 0 Å². The number of nitrogens with one attached hydrogen (secondary N) is 2. The maximum atomic E-state index is 12.6. The lowest BCUT2D eigenvalue weighted by atomic mass is 9.76. The Kier molecular flexibility index (Phi) is 11.0. The van der Waals surface area contributed by atoms with Gasteiger partial charge in [-0.1, -0.05) is 55.5 Å². The van der Waals surface area contributed by atoms with Gasteiger partial charge < -0.3 is 10.1 Å². The third-order valence-corrected chi connectivity index (χ3v) is 7.07. The van der Waals surface area contributed by atoms with Gasteiger partial charge in [0, 0.05) is 24.9 Å². The van der Waals surface area contributed by atoms with Gasteiger partial charge in [-0.05, 0) is 68.9 Å². The van der Waals surface area contributed by atoms with Gasteiger partial charge in [0.2, 0.25) is 0 Å². The zero-order chi connectivity index (χ0) is 29.2. The van der Waals surface area contributed by atoms with E-state index >= 15 is 0 Å². The molecule has 0 radical (unpaired) electrons. The van der Waals surface area contributed by atoms with Crippen molar-refractivity contribution in [3.05, 3.63) is 106 Å². The Morgan fingerprint density at radius 1 is 1.35 bits per heavy atom. The zero-order valence-corrected chi connectivity index (χ0v) is 24.0. The average Bonchev–Trinajstić information content (AvgIpc) is 3.46. The molecule has 2 atom stereocenters. The number of dihydropyridines is 1.